The van der Waals surface area contributed by atoms with Crippen LogP contribution in [0.1, 0.15) is 84.8 Å². The van der Waals surface area contributed by atoms with Crippen LogP contribution in [-0.4, -0.2) is 29.1 Å². The lowest BCUT2D eigenvalue weighted by atomic mass is 9.70. The molecule has 1 fully saturated rings. The average molecular weight is 493 g/mol. The molecule has 37 heavy (non-hydrogen) atoms. The third-order valence-electron chi connectivity index (χ3n) is 7.98. The highest BCUT2D eigenvalue weighted by molar-refractivity contribution is 5.45. The Bertz CT molecular complexity index is 1630. The van der Waals surface area contributed by atoms with Gasteiger partial charge in [0.25, 0.3) is 0 Å². The van der Waals surface area contributed by atoms with E-state index in [1.807, 2.05) is 18.2 Å². The summed E-state index contributed by atoms with van der Waals surface area (Å²) in [6.45, 7) is 16.2. The molecule has 1 atom stereocenters. The summed E-state index contributed by atoms with van der Waals surface area (Å²) in [4.78, 5) is 21.5. The lowest BCUT2D eigenvalue weighted by molar-refractivity contribution is 0.272. The van der Waals surface area contributed by atoms with E-state index in [4.69, 9.17) is 19.3 Å². The molecule has 8 heteroatoms. The van der Waals surface area contributed by atoms with Gasteiger partial charge in [-0.05, 0) is 61.8 Å². The lowest BCUT2D eigenvalue weighted by Gasteiger charge is -2.36. The first-order valence-electron chi connectivity index (χ1n) is 13.5. The van der Waals surface area contributed by atoms with E-state index in [1.54, 1.807) is 10.6 Å². The van der Waals surface area contributed by atoms with Crippen molar-refractivity contribution in [3.8, 4) is 17.7 Å². The standard InChI is InChI=1S/C29H30N8/c1-20(29(4)13-6-7-14-29)21-11-12-24(36-17-15-32-25(36)19-30)35-26(21)28(2,3)22-9-8-10-23(34-22)37-18-16-33-27(37)31-5/h8-12,15-18,20H,6-7,13-14H2,1-4H3/i15D,16D. The Morgan fingerprint density at radius 2 is 1.78 bits per heavy atom. The van der Waals surface area contributed by atoms with Gasteiger partial charge in [0.2, 0.25) is 5.82 Å². The Morgan fingerprint density at radius 1 is 1.08 bits per heavy atom. The summed E-state index contributed by atoms with van der Waals surface area (Å²) in [7, 11) is 0. The Kier molecular flexibility index (Phi) is 5.51. The zero-order chi connectivity index (χ0) is 27.9. The molecular formula is C29H30N8. The van der Waals surface area contributed by atoms with E-state index in [-0.39, 0.29) is 35.5 Å². The number of rotatable bonds is 6. The van der Waals surface area contributed by atoms with Crippen LogP contribution in [0.5, 0.6) is 0 Å². The SMILES string of the molecule is [2H]c1cn(-c2ccc(C(C)C3(C)CCCC3)c(C(C)(C)c3cccc(-n4cc([2H])nc4[N+]#[C-])n3)n2)c(C#N)n1. The largest absolute Gasteiger partial charge is 0.396 e. The van der Waals surface area contributed by atoms with Gasteiger partial charge in [0.1, 0.15) is 19.4 Å². The van der Waals surface area contributed by atoms with Crippen molar-refractivity contribution in [3.05, 3.63) is 89.3 Å². The van der Waals surface area contributed by atoms with Crippen molar-refractivity contribution in [1.82, 2.24) is 29.1 Å². The van der Waals surface area contributed by atoms with Gasteiger partial charge in [0.15, 0.2) is 5.82 Å². The summed E-state index contributed by atoms with van der Waals surface area (Å²) in [6, 6.07) is 11.7. The number of aromatic nitrogens is 6. The molecule has 1 aliphatic rings. The first kappa shape index (κ1) is 21.9. The molecule has 4 heterocycles. The van der Waals surface area contributed by atoms with Crippen LogP contribution >= 0.6 is 0 Å². The predicted octanol–water partition coefficient (Wildman–Crippen LogP) is 6.28. The van der Waals surface area contributed by atoms with E-state index in [0.29, 0.717) is 11.6 Å². The Labute approximate surface area is 220 Å². The summed E-state index contributed by atoms with van der Waals surface area (Å²) in [5.41, 5.74) is 2.20. The van der Waals surface area contributed by atoms with Gasteiger partial charge in [0, 0.05) is 17.8 Å². The molecule has 1 saturated carbocycles. The van der Waals surface area contributed by atoms with E-state index in [0.717, 1.165) is 29.8 Å². The van der Waals surface area contributed by atoms with Gasteiger partial charge in [-0.15, -0.1) is 6.57 Å². The third-order valence-corrected chi connectivity index (χ3v) is 7.98. The van der Waals surface area contributed by atoms with E-state index < -0.39 is 5.41 Å². The molecule has 1 unspecified atom stereocenters. The topological polar surface area (TPSA) is 89.6 Å². The summed E-state index contributed by atoms with van der Waals surface area (Å²) in [6.07, 6.45) is 7.74. The molecule has 0 N–H and O–H groups in total. The Morgan fingerprint density at radius 3 is 2.51 bits per heavy atom. The molecule has 4 aromatic heterocycles. The van der Waals surface area contributed by atoms with Crippen LogP contribution in [0.25, 0.3) is 16.5 Å². The fraction of sp³-hybridized carbons (Fsp3) is 0.379. The maximum Gasteiger partial charge on any atom is 0.344 e. The molecule has 4 aromatic rings. The van der Waals surface area contributed by atoms with Crippen LogP contribution in [0.4, 0.5) is 5.95 Å². The van der Waals surface area contributed by atoms with E-state index >= 15 is 0 Å². The highest BCUT2D eigenvalue weighted by Crippen LogP contribution is 2.50. The minimum absolute atomic E-state index is 0.00384. The van der Waals surface area contributed by atoms with Gasteiger partial charge in [-0.2, -0.15) is 10.2 Å². The van der Waals surface area contributed by atoms with Crippen LogP contribution < -0.4 is 0 Å². The maximum absolute atomic E-state index is 9.61. The second-order valence-electron chi connectivity index (χ2n) is 10.5. The zero-order valence-corrected chi connectivity index (χ0v) is 21.5. The minimum atomic E-state index is -0.662. The Balaban J connectivity index is 1.68. The summed E-state index contributed by atoms with van der Waals surface area (Å²) in [5.74, 6) is 1.45. The van der Waals surface area contributed by atoms with E-state index in [2.05, 4.69) is 54.6 Å². The zero-order valence-electron chi connectivity index (χ0n) is 23.5. The molecule has 0 radical (unpaired) electrons. The molecule has 0 aliphatic heterocycles. The van der Waals surface area contributed by atoms with Crippen LogP contribution in [0, 0.1) is 23.3 Å². The van der Waals surface area contributed by atoms with Crippen LogP contribution in [-0.2, 0) is 5.41 Å². The average Bonchev–Trinajstić information content (AvgIpc) is 3.66. The number of hydrogen-bond donors (Lipinski definition) is 0. The number of pyridine rings is 2. The van der Waals surface area contributed by atoms with Crippen molar-refractivity contribution in [2.45, 2.75) is 64.7 Å². The number of hydrogen-bond acceptors (Lipinski definition) is 5. The minimum Gasteiger partial charge on any atom is -0.396 e. The van der Waals surface area contributed by atoms with Crippen LogP contribution in [0.3, 0.4) is 0 Å². The van der Waals surface area contributed by atoms with Gasteiger partial charge >= 0.3 is 5.95 Å². The van der Waals surface area contributed by atoms with Crippen molar-refractivity contribution in [2.24, 2.45) is 5.41 Å². The molecule has 0 bridgehead atoms. The number of nitrogens with zero attached hydrogens (tertiary/aromatic N) is 8. The Hall–Kier alpha value is -4.30. The van der Waals surface area contributed by atoms with E-state index in [9.17, 15) is 5.26 Å². The second kappa shape index (κ2) is 9.29. The van der Waals surface area contributed by atoms with Gasteiger partial charge < -0.3 is 4.85 Å². The molecule has 186 valence electrons. The molecule has 8 nitrogen and oxygen atoms in total. The van der Waals surface area contributed by atoms with Gasteiger partial charge in [-0.1, -0.05) is 38.8 Å². The lowest BCUT2D eigenvalue weighted by Crippen LogP contribution is -2.29. The van der Waals surface area contributed by atoms with Crippen molar-refractivity contribution >= 4 is 5.95 Å². The quantitative estimate of drug-likeness (QED) is 0.296. The molecule has 1 aliphatic carbocycles. The summed E-state index contributed by atoms with van der Waals surface area (Å²) >= 11 is 0. The van der Waals surface area contributed by atoms with E-state index in [1.165, 1.54) is 29.8 Å². The predicted molar refractivity (Wildman–Crippen MR) is 141 cm³/mol. The molecular weight excluding hydrogens is 460 g/mol. The summed E-state index contributed by atoms with van der Waals surface area (Å²) < 4.78 is 18.9. The smallest absolute Gasteiger partial charge is 0.344 e. The normalized spacial score (nSPS) is 16.5. The monoisotopic (exact) mass is 492 g/mol. The fourth-order valence-electron chi connectivity index (χ4n) is 5.48. The van der Waals surface area contributed by atoms with Crippen molar-refractivity contribution in [3.63, 3.8) is 0 Å². The van der Waals surface area contributed by atoms with Crippen LogP contribution in [0.15, 0.2) is 55.1 Å². The summed E-state index contributed by atoms with van der Waals surface area (Å²) in [5, 5.41) is 9.61. The highest BCUT2D eigenvalue weighted by Gasteiger charge is 2.39. The molecule has 5 rings (SSSR count). The molecule has 0 amide bonds. The van der Waals surface area contributed by atoms with Crippen molar-refractivity contribution in [1.29, 1.82) is 5.26 Å². The maximum atomic E-state index is 9.61. The molecule has 0 spiro atoms. The fourth-order valence-corrected chi connectivity index (χ4v) is 5.48. The van der Waals surface area contributed by atoms with Gasteiger partial charge in [-0.25, -0.2) is 19.5 Å². The van der Waals surface area contributed by atoms with Gasteiger partial charge in [-0.3, -0.25) is 4.57 Å². The van der Waals surface area contributed by atoms with Crippen molar-refractivity contribution in [2.75, 3.05) is 0 Å². The second-order valence-corrected chi connectivity index (χ2v) is 10.5. The first-order valence-corrected chi connectivity index (χ1v) is 12.5. The first-order chi connectivity index (χ1) is 18.6. The molecule has 0 aromatic carbocycles. The van der Waals surface area contributed by atoms with Crippen LogP contribution in [0.2, 0.25) is 0 Å². The van der Waals surface area contributed by atoms with Gasteiger partial charge in [0.05, 0.1) is 19.0 Å². The number of nitriles is 1. The third kappa shape index (κ3) is 4.19. The van der Waals surface area contributed by atoms with Crippen molar-refractivity contribution < 1.29 is 2.74 Å². The number of imidazole rings is 2. The highest BCUT2D eigenvalue weighted by atomic mass is 15.2. The molecule has 0 saturated heterocycles.